The number of esters is 1. The van der Waals surface area contributed by atoms with Crippen molar-refractivity contribution in [3.8, 4) is 0 Å². The normalized spacial score (nSPS) is 11.5. The molecule has 0 heterocycles. The summed E-state index contributed by atoms with van der Waals surface area (Å²) in [4.78, 5) is 12.7. The van der Waals surface area contributed by atoms with Gasteiger partial charge in [-0.3, -0.25) is 4.79 Å². The fraction of sp³-hybridized carbons (Fsp3) is 0.435. The SMILES string of the molecule is CCCCC(CC)COC(=O)CCSc1ccc(Br)c(Cl)c1N.Nc1c(I)ccc(Br)c1Cl. The molecule has 1 atom stereocenters. The molecule has 0 saturated carbocycles. The van der Waals surface area contributed by atoms with Gasteiger partial charge in [0.1, 0.15) is 0 Å². The fourth-order valence-corrected chi connectivity index (χ4v) is 5.24. The van der Waals surface area contributed by atoms with Gasteiger partial charge in [-0.1, -0.05) is 56.3 Å². The number of hydrogen-bond acceptors (Lipinski definition) is 5. The molecular formula is C23H29Br2Cl2IN2O2S. The molecule has 184 valence electrons. The fourth-order valence-electron chi connectivity index (χ4n) is 2.64. The third kappa shape index (κ3) is 11.2. The number of unbranched alkanes of at least 4 members (excludes halogenated alkanes) is 1. The zero-order valence-electron chi connectivity index (χ0n) is 18.6. The van der Waals surface area contributed by atoms with Crippen LogP contribution in [0.4, 0.5) is 11.4 Å². The number of halogens is 5. The molecule has 0 spiro atoms. The number of anilines is 2. The number of ether oxygens (including phenoxy) is 1. The number of nitrogens with two attached hydrogens (primary N) is 2. The first-order valence-electron chi connectivity index (χ1n) is 10.5. The van der Waals surface area contributed by atoms with E-state index in [4.69, 9.17) is 39.4 Å². The Morgan fingerprint density at radius 2 is 1.70 bits per heavy atom. The topological polar surface area (TPSA) is 78.3 Å². The van der Waals surface area contributed by atoms with Crippen LogP contribution >= 0.6 is 89.4 Å². The number of nitrogen functional groups attached to an aromatic ring is 2. The maximum absolute atomic E-state index is 11.8. The van der Waals surface area contributed by atoms with Gasteiger partial charge in [-0.25, -0.2) is 0 Å². The summed E-state index contributed by atoms with van der Waals surface area (Å²) in [6, 6.07) is 7.55. The molecule has 2 rings (SSSR count). The Bertz CT molecular complexity index is 896. The van der Waals surface area contributed by atoms with E-state index in [1.54, 1.807) is 0 Å². The van der Waals surface area contributed by atoms with Gasteiger partial charge in [-0.05, 0) is 91.1 Å². The van der Waals surface area contributed by atoms with Crippen molar-refractivity contribution in [2.24, 2.45) is 5.92 Å². The average Bonchev–Trinajstić information content (AvgIpc) is 2.80. The van der Waals surface area contributed by atoms with Gasteiger partial charge < -0.3 is 16.2 Å². The van der Waals surface area contributed by atoms with Gasteiger partial charge in [0, 0.05) is 23.2 Å². The predicted molar refractivity (Wildman–Crippen MR) is 159 cm³/mol. The van der Waals surface area contributed by atoms with Crippen LogP contribution in [0.25, 0.3) is 0 Å². The molecular weight excluding hydrogens is 726 g/mol. The summed E-state index contributed by atoms with van der Waals surface area (Å²) in [5.74, 6) is 0.967. The number of carbonyl (C=O) groups excluding carboxylic acids is 1. The molecule has 10 heteroatoms. The van der Waals surface area contributed by atoms with E-state index < -0.39 is 0 Å². The van der Waals surface area contributed by atoms with Crippen molar-refractivity contribution in [3.63, 3.8) is 0 Å². The van der Waals surface area contributed by atoms with Gasteiger partial charge in [0.25, 0.3) is 0 Å². The van der Waals surface area contributed by atoms with Crippen LogP contribution in [0, 0.1) is 9.49 Å². The van der Waals surface area contributed by atoms with Crippen molar-refractivity contribution in [1.29, 1.82) is 0 Å². The van der Waals surface area contributed by atoms with Crippen molar-refractivity contribution >= 4 is 107 Å². The summed E-state index contributed by atoms with van der Waals surface area (Å²) in [6.45, 7) is 4.85. The highest BCUT2D eigenvalue weighted by atomic mass is 127. The number of thioether (sulfide) groups is 1. The Hall–Kier alpha value is 0.130. The summed E-state index contributed by atoms with van der Waals surface area (Å²) >= 11 is 22.2. The van der Waals surface area contributed by atoms with E-state index >= 15 is 0 Å². The third-order valence-corrected chi connectivity index (χ3v) is 9.37. The van der Waals surface area contributed by atoms with E-state index in [1.807, 2.05) is 24.3 Å². The van der Waals surface area contributed by atoms with Crippen LogP contribution in [-0.4, -0.2) is 18.3 Å². The lowest BCUT2D eigenvalue weighted by atomic mass is 10.0. The molecule has 4 nitrogen and oxygen atoms in total. The minimum absolute atomic E-state index is 0.144. The molecule has 0 amide bonds. The summed E-state index contributed by atoms with van der Waals surface area (Å²) in [5.41, 5.74) is 12.8. The Morgan fingerprint density at radius 3 is 2.27 bits per heavy atom. The first kappa shape index (κ1) is 31.2. The van der Waals surface area contributed by atoms with Crippen LogP contribution in [0.3, 0.4) is 0 Å². The van der Waals surface area contributed by atoms with Gasteiger partial charge in [0.2, 0.25) is 0 Å². The van der Waals surface area contributed by atoms with Crippen molar-refractivity contribution in [2.45, 2.75) is 50.8 Å². The number of hydrogen-bond donors (Lipinski definition) is 2. The second-order valence-corrected chi connectivity index (χ2v) is 12.0. The van der Waals surface area contributed by atoms with Crippen LogP contribution in [0.15, 0.2) is 38.1 Å². The summed E-state index contributed by atoms with van der Waals surface area (Å²) in [6.07, 6.45) is 4.93. The van der Waals surface area contributed by atoms with E-state index in [-0.39, 0.29) is 5.97 Å². The van der Waals surface area contributed by atoms with E-state index in [0.717, 1.165) is 30.3 Å². The first-order valence-corrected chi connectivity index (χ1v) is 14.9. The Morgan fingerprint density at radius 1 is 1.09 bits per heavy atom. The zero-order chi connectivity index (χ0) is 25.0. The molecule has 1 unspecified atom stereocenters. The minimum Gasteiger partial charge on any atom is -0.465 e. The van der Waals surface area contributed by atoms with Crippen molar-refractivity contribution in [1.82, 2.24) is 0 Å². The molecule has 0 aromatic heterocycles. The number of benzene rings is 2. The Labute approximate surface area is 241 Å². The van der Waals surface area contributed by atoms with E-state index in [1.165, 1.54) is 24.6 Å². The Kier molecular flexibility index (Phi) is 15.8. The molecule has 0 fully saturated rings. The molecule has 2 aromatic carbocycles. The first-order chi connectivity index (χ1) is 15.6. The van der Waals surface area contributed by atoms with Crippen LogP contribution in [0.1, 0.15) is 46.0 Å². The summed E-state index contributed by atoms with van der Waals surface area (Å²) in [5, 5.41) is 1.10. The average molecular weight is 755 g/mol. The third-order valence-electron chi connectivity index (χ3n) is 4.76. The van der Waals surface area contributed by atoms with E-state index in [0.29, 0.717) is 46.1 Å². The lowest BCUT2D eigenvalue weighted by molar-refractivity contribution is -0.144. The standard InChI is InChI=1S/C17H25BrClNO2S.C6H4BrClIN/c1-3-5-6-12(4-2)11-22-15(21)9-10-23-14-8-7-13(18)16(19)17(14)20;7-3-1-2-4(9)6(10)5(3)8/h7-8,12H,3-6,9-11,20H2,1-2H3;1-2H,10H2. The highest BCUT2D eigenvalue weighted by Gasteiger charge is 2.12. The van der Waals surface area contributed by atoms with Crippen LogP contribution < -0.4 is 11.5 Å². The molecule has 0 radical (unpaired) electrons. The Balaban J connectivity index is 0.000000451. The van der Waals surface area contributed by atoms with Crippen LogP contribution in [0.2, 0.25) is 10.0 Å². The molecule has 0 aliphatic heterocycles. The molecule has 2 aromatic rings. The van der Waals surface area contributed by atoms with Crippen molar-refractivity contribution in [2.75, 3.05) is 23.8 Å². The lowest BCUT2D eigenvalue weighted by Crippen LogP contribution is -2.14. The lowest BCUT2D eigenvalue weighted by Gasteiger charge is -2.14. The second kappa shape index (κ2) is 16.7. The monoisotopic (exact) mass is 752 g/mol. The summed E-state index contributed by atoms with van der Waals surface area (Å²) < 4.78 is 7.98. The second-order valence-electron chi connectivity index (χ2n) is 7.23. The molecule has 0 aliphatic carbocycles. The zero-order valence-corrected chi connectivity index (χ0v) is 26.3. The van der Waals surface area contributed by atoms with Crippen LogP contribution in [0.5, 0.6) is 0 Å². The maximum Gasteiger partial charge on any atom is 0.306 e. The smallest absolute Gasteiger partial charge is 0.306 e. The van der Waals surface area contributed by atoms with E-state index in [2.05, 4.69) is 68.3 Å². The number of rotatable bonds is 10. The highest BCUT2D eigenvalue weighted by Crippen LogP contribution is 2.36. The van der Waals surface area contributed by atoms with Gasteiger partial charge >= 0.3 is 5.97 Å². The van der Waals surface area contributed by atoms with Crippen LogP contribution in [-0.2, 0) is 9.53 Å². The van der Waals surface area contributed by atoms with Crippen molar-refractivity contribution in [3.05, 3.63) is 46.8 Å². The molecule has 0 aliphatic rings. The van der Waals surface area contributed by atoms with Crippen molar-refractivity contribution < 1.29 is 9.53 Å². The maximum atomic E-state index is 11.8. The molecule has 33 heavy (non-hydrogen) atoms. The van der Waals surface area contributed by atoms with Gasteiger partial charge in [-0.2, -0.15) is 0 Å². The van der Waals surface area contributed by atoms with E-state index in [9.17, 15) is 4.79 Å². The van der Waals surface area contributed by atoms with Gasteiger partial charge in [0.05, 0.1) is 34.4 Å². The number of carbonyl (C=O) groups is 1. The molecule has 0 bridgehead atoms. The van der Waals surface area contributed by atoms with Gasteiger partial charge in [-0.15, -0.1) is 11.8 Å². The quantitative estimate of drug-likeness (QED) is 0.0832. The highest BCUT2D eigenvalue weighted by molar-refractivity contribution is 14.1. The molecule has 0 saturated heterocycles. The minimum atomic E-state index is -0.144. The molecule has 4 N–H and O–H groups in total. The summed E-state index contributed by atoms with van der Waals surface area (Å²) in [7, 11) is 0. The predicted octanol–water partition coefficient (Wildman–Crippen LogP) is 9.22. The largest absolute Gasteiger partial charge is 0.465 e. The van der Waals surface area contributed by atoms with Gasteiger partial charge in [0.15, 0.2) is 0 Å².